The molecule has 5 nitrogen and oxygen atoms in total. The molecule has 0 saturated carbocycles. The molecule has 0 bridgehead atoms. The van der Waals surface area contributed by atoms with Crippen LogP contribution >= 0.6 is 0 Å². The Morgan fingerprint density at radius 1 is 0.516 bits per heavy atom. The molecule has 0 spiro atoms. The Balaban J connectivity index is -0.00000392. The molecule has 0 unspecified atom stereocenters. The molecule has 0 amide bonds. The van der Waals surface area contributed by atoms with Crippen molar-refractivity contribution in [1.29, 1.82) is 0 Å². The first-order valence-electron chi connectivity index (χ1n) is 12.2. The molecule has 0 aliphatic carbocycles. The van der Waals surface area contributed by atoms with Gasteiger partial charge < -0.3 is 24.7 Å². The van der Waals surface area contributed by atoms with Crippen LogP contribution in [0.3, 0.4) is 0 Å². The summed E-state index contributed by atoms with van der Waals surface area (Å²) < 4.78 is 0. The molecule has 0 fully saturated rings. The molecule has 31 heavy (non-hydrogen) atoms. The van der Waals surface area contributed by atoms with E-state index in [9.17, 15) is 19.8 Å². The summed E-state index contributed by atoms with van der Waals surface area (Å²) in [6.07, 6.45) is 21.0. The van der Waals surface area contributed by atoms with Gasteiger partial charge in [0, 0.05) is 25.0 Å². The zero-order valence-corrected chi connectivity index (χ0v) is 27.2. The van der Waals surface area contributed by atoms with Gasteiger partial charge in [0.15, 0.2) is 0 Å². The van der Waals surface area contributed by atoms with E-state index in [4.69, 9.17) is 0 Å². The number of hydrogen-bond donors (Lipinski definition) is 0. The Hall–Kier alpha value is 2.17. The van der Waals surface area contributed by atoms with E-state index in [0.29, 0.717) is 13.1 Å². The Morgan fingerprint density at radius 2 is 0.806 bits per heavy atom. The van der Waals surface area contributed by atoms with Gasteiger partial charge in [-0.15, -0.1) is 0 Å². The predicted molar refractivity (Wildman–Crippen MR) is 115 cm³/mol. The Morgan fingerprint density at radius 3 is 1.10 bits per heavy atom. The molecule has 0 aliphatic rings. The SMILES string of the molecule is CCCCCCCCCCCCCCCCCCN(CCC(=O)[O-])CCC(=O)[O-].[K+].[K+]. The summed E-state index contributed by atoms with van der Waals surface area (Å²) in [6.45, 7) is 3.72. The second-order valence-electron chi connectivity index (χ2n) is 8.39. The molecular weight excluding hydrogens is 444 g/mol. The number of carbonyl (C=O) groups is 2. The summed E-state index contributed by atoms with van der Waals surface area (Å²) in [7, 11) is 0. The van der Waals surface area contributed by atoms with Gasteiger partial charge in [-0.05, 0) is 25.8 Å². The monoisotopic (exact) mass is 489 g/mol. The van der Waals surface area contributed by atoms with Gasteiger partial charge in [-0.25, -0.2) is 0 Å². The predicted octanol–water partition coefficient (Wildman–Crippen LogP) is -2.16. The Bertz CT molecular complexity index is 380. The number of carbonyl (C=O) groups excluding carboxylic acids is 2. The standard InChI is InChI=1S/C24H47NO4.2K/c1-2-3-4-5-6-7-8-9-10-11-12-13-14-15-16-17-20-25(21-18-23(26)27)22-19-24(28)29;;/h2-22H2,1H3,(H,26,27)(H,28,29);;/q;2*+1/p-2. The molecule has 0 radical (unpaired) electrons. The van der Waals surface area contributed by atoms with Crippen molar-refractivity contribution in [3.8, 4) is 0 Å². The summed E-state index contributed by atoms with van der Waals surface area (Å²) in [5, 5.41) is 21.2. The van der Waals surface area contributed by atoms with Crippen molar-refractivity contribution in [3.63, 3.8) is 0 Å². The molecule has 0 aliphatic heterocycles. The van der Waals surface area contributed by atoms with E-state index < -0.39 is 11.9 Å². The van der Waals surface area contributed by atoms with E-state index in [0.717, 1.165) is 19.4 Å². The van der Waals surface area contributed by atoms with Crippen LogP contribution in [0.5, 0.6) is 0 Å². The van der Waals surface area contributed by atoms with Gasteiger partial charge >= 0.3 is 103 Å². The topological polar surface area (TPSA) is 83.5 Å². The maximum Gasteiger partial charge on any atom is 1.00 e. The van der Waals surface area contributed by atoms with Gasteiger partial charge in [-0.1, -0.05) is 103 Å². The normalized spacial score (nSPS) is 10.5. The average molecular weight is 490 g/mol. The molecule has 0 aromatic heterocycles. The third-order valence-electron chi connectivity index (χ3n) is 5.59. The maximum atomic E-state index is 10.6. The van der Waals surface area contributed by atoms with Gasteiger partial charge in [-0.2, -0.15) is 0 Å². The number of carboxylic acids is 2. The van der Waals surface area contributed by atoms with Crippen LogP contribution in [0.2, 0.25) is 0 Å². The third-order valence-corrected chi connectivity index (χ3v) is 5.59. The summed E-state index contributed by atoms with van der Waals surface area (Å²) in [5.74, 6) is -2.18. The largest absolute Gasteiger partial charge is 1.00 e. The zero-order chi connectivity index (χ0) is 21.6. The minimum Gasteiger partial charge on any atom is -0.550 e. The van der Waals surface area contributed by atoms with E-state index in [-0.39, 0.29) is 116 Å². The minimum absolute atomic E-state index is 0. The Labute approximate surface area is 277 Å². The first-order valence-corrected chi connectivity index (χ1v) is 12.2. The first-order chi connectivity index (χ1) is 14.1. The van der Waals surface area contributed by atoms with Crippen LogP contribution in [0.1, 0.15) is 122 Å². The molecular formula is C24H45K2NO4. The second kappa shape index (κ2) is 30.2. The minimum atomic E-state index is -1.09. The van der Waals surface area contributed by atoms with E-state index in [1.165, 1.54) is 89.9 Å². The molecule has 0 saturated heterocycles. The number of aliphatic carboxylic acids is 2. The van der Waals surface area contributed by atoms with Gasteiger partial charge in [0.1, 0.15) is 0 Å². The van der Waals surface area contributed by atoms with Crippen LogP contribution in [0.4, 0.5) is 0 Å². The van der Waals surface area contributed by atoms with Gasteiger partial charge in [0.05, 0.1) is 0 Å². The van der Waals surface area contributed by atoms with Crippen molar-refractivity contribution in [1.82, 2.24) is 4.90 Å². The quantitative estimate of drug-likeness (QED) is 0.121. The van der Waals surface area contributed by atoms with Crippen LogP contribution in [0.25, 0.3) is 0 Å². The number of nitrogens with zero attached hydrogens (tertiary/aromatic N) is 1. The Kier molecular flexibility index (Phi) is 36.7. The molecule has 7 heteroatoms. The maximum absolute atomic E-state index is 10.6. The zero-order valence-electron chi connectivity index (χ0n) is 20.9. The molecule has 0 heterocycles. The summed E-state index contributed by atoms with van der Waals surface area (Å²) in [4.78, 5) is 23.1. The van der Waals surface area contributed by atoms with Crippen LogP contribution in [0.15, 0.2) is 0 Å². The van der Waals surface area contributed by atoms with Crippen molar-refractivity contribution in [2.45, 2.75) is 122 Å². The summed E-state index contributed by atoms with van der Waals surface area (Å²) in [6, 6.07) is 0. The molecule has 0 atom stereocenters. The smallest absolute Gasteiger partial charge is 0.550 e. The molecule has 172 valence electrons. The van der Waals surface area contributed by atoms with E-state index in [1.54, 1.807) is 0 Å². The van der Waals surface area contributed by atoms with Crippen molar-refractivity contribution in [2.24, 2.45) is 0 Å². The fraction of sp³-hybridized carbons (Fsp3) is 0.917. The molecule has 0 aromatic carbocycles. The van der Waals surface area contributed by atoms with Crippen LogP contribution in [-0.4, -0.2) is 36.5 Å². The van der Waals surface area contributed by atoms with Gasteiger partial charge in [0.25, 0.3) is 0 Å². The second-order valence-corrected chi connectivity index (χ2v) is 8.39. The van der Waals surface area contributed by atoms with Crippen molar-refractivity contribution in [3.05, 3.63) is 0 Å². The fourth-order valence-electron chi connectivity index (χ4n) is 3.72. The van der Waals surface area contributed by atoms with Gasteiger partial charge in [0.2, 0.25) is 0 Å². The number of carboxylic acid groups (broad SMARTS) is 2. The van der Waals surface area contributed by atoms with Crippen molar-refractivity contribution < 1.29 is 123 Å². The van der Waals surface area contributed by atoms with Crippen LogP contribution in [-0.2, 0) is 9.59 Å². The van der Waals surface area contributed by atoms with Crippen LogP contribution in [0, 0.1) is 0 Å². The van der Waals surface area contributed by atoms with Crippen LogP contribution < -0.4 is 113 Å². The summed E-state index contributed by atoms with van der Waals surface area (Å²) in [5.41, 5.74) is 0. The molecule has 0 N–H and O–H groups in total. The fourth-order valence-corrected chi connectivity index (χ4v) is 3.72. The number of hydrogen-bond acceptors (Lipinski definition) is 5. The van der Waals surface area contributed by atoms with E-state index >= 15 is 0 Å². The van der Waals surface area contributed by atoms with Gasteiger partial charge in [-0.3, -0.25) is 0 Å². The number of unbranched alkanes of at least 4 members (excludes halogenated alkanes) is 15. The van der Waals surface area contributed by atoms with Crippen molar-refractivity contribution >= 4 is 11.9 Å². The molecule has 0 rings (SSSR count). The van der Waals surface area contributed by atoms with E-state index in [2.05, 4.69) is 6.92 Å². The number of rotatable bonds is 23. The average Bonchev–Trinajstić information content (AvgIpc) is 2.68. The summed E-state index contributed by atoms with van der Waals surface area (Å²) >= 11 is 0. The first kappa shape index (κ1) is 37.7. The third kappa shape index (κ3) is 32.2. The van der Waals surface area contributed by atoms with Crippen molar-refractivity contribution in [2.75, 3.05) is 19.6 Å². The molecule has 0 aromatic rings. The van der Waals surface area contributed by atoms with E-state index in [1.807, 2.05) is 4.90 Å².